The molecular weight excluding hydrogens is 324 g/mol. The molecule has 2 N–H and O–H groups in total. The minimum Gasteiger partial charge on any atom is -0.507 e. The summed E-state index contributed by atoms with van der Waals surface area (Å²) in [6.45, 7) is 1.65. The highest BCUT2D eigenvalue weighted by atomic mass is 16.6. The Bertz CT molecular complexity index is 912. The molecule has 1 heterocycles. The van der Waals surface area contributed by atoms with Crippen LogP contribution in [0.25, 0.3) is 6.08 Å². The van der Waals surface area contributed by atoms with E-state index >= 15 is 0 Å². The van der Waals surface area contributed by atoms with E-state index in [-0.39, 0.29) is 11.3 Å². The number of hydrogen-bond donors (Lipinski definition) is 2. The van der Waals surface area contributed by atoms with Crippen LogP contribution in [0.2, 0.25) is 0 Å². The molecule has 0 saturated carbocycles. The lowest BCUT2D eigenvalue weighted by Gasteiger charge is -2.07. The second kappa shape index (κ2) is 7.59. The molecule has 1 aromatic heterocycles. The first-order valence-corrected chi connectivity index (χ1v) is 7.40. The van der Waals surface area contributed by atoms with Gasteiger partial charge in [-0.25, -0.2) is 5.48 Å². The van der Waals surface area contributed by atoms with E-state index in [2.05, 4.69) is 10.3 Å². The molecule has 25 heavy (non-hydrogen) atoms. The zero-order valence-corrected chi connectivity index (χ0v) is 14.1. The summed E-state index contributed by atoms with van der Waals surface area (Å²) in [4.78, 5) is 40.7. The molecule has 0 aliphatic rings. The number of nitrogens with zero attached hydrogens (tertiary/aromatic N) is 1. The van der Waals surface area contributed by atoms with Crippen LogP contribution in [0, 0.1) is 6.92 Å². The Morgan fingerprint density at radius 3 is 2.68 bits per heavy atom. The Morgan fingerprint density at radius 1 is 1.28 bits per heavy atom. The van der Waals surface area contributed by atoms with Gasteiger partial charge < -0.3 is 9.67 Å². The maximum absolute atomic E-state index is 12.3. The summed E-state index contributed by atoms with van der Waals surface area (Å²) in [5.74, 6) is -1.40. The summed E-state index contributed by atoms with van der Waals surface area (Å²) in [7, 11) is 2.85. The Morgan fingerprint density at radius 2 is 2.00 bits per heavy atom. The quantitative estimate of drug-likeness (QED) is 0.488. The van der Waals surface area contributed by atoms with Crippen molar-refractivity contribution in [2.45, 2.75) is 6.92 Å². The number of benzene rings is 1. The first-order chi connectivity index (χ1) is 11.8. The molecule has 0 atom stereocenters. The Balaban J connectivity index is 2.30. The fraction of sp³-hybridized carbons (Fsp3) is 0.167. The highest BCUT2D eigenvalue weighted by Gasteiger charge is 2.16. The summed E-state index contributed by atoms with van der Waals surface area (Å²) < 4.78 is 1.29. The third-order valence-corrected chi connectivity index (χ3v) is 3.67. The van der Waals surface area contributed by atoms with Crippen LogP contribution >= 0.6 is 0 Å². The van der Waals surface area contributed by atoms with E-state index in [4.69, 9.17) is 0 Å². The van der Waals surface area contributed by atoms with Crippen molar-refractivity contribution in [3.63, 3.8) is 0 Å². The maximum Gasteiger partial charge on any atom is 0.274 e. The lowest BCUT2D eigenvalue weighted by atomic mass is 10.1. The number of allylic oxidation sites excluding steroid dienone is 1. The number of carbonyl (C=O) groups excluding carboxylic acids is 2. The predicted octanol–water partition coefficient (Wildman–Crippen LogP) is 1.59. The molecule has 0 saturated heterocycles. The Kier molecular flexibility index (Phi) is 5.51. The number of ketones is 1. The van der Waals surface area contributed by atoms with Crippen LogP contribution in [-0.2, 0) is 11.9 Å². The van der Waals surface area contributed by atoms with E-state index in [0.717, 1.165) is 0 Å². The molecule has 0 bridgehead atoms. The molecule has 0 aliphatic heterocycles. The minimum atomic E-state index is -0.621. The van der Waals surface area contributed by atoms with Gasteiger partial charge in [0.2, 0.25) is 0 Å². The first-order valence-electron chi connectivity index (χ1n) is 7.40. The molecular formula is C18H18N2O5. The second-order valence-corrected chi connectivity index (χ2v) is 5.37. The summed E-state index contributed by atoms with van der Waals surface area (Å²) in [5.41, 5.74) is 2.81. The van der Waals surface area contributed by atoms with Gasteiger partial charge >= 0.3 is 0 Å². The number of carbonyl (C=O) groups is 2. The van der Waals surface area contributed by atoms with Crippen molar-refractivity contribution in [3.05, 3.63) is 69.1 Å². The largest absolute Gasteiger partial charge is 0.507 e. The van der Waals surface area contributed by atoms with Gasteiger partial charge in [-0.2, -0.15) is 0 Å². The lowest BCUT2D eigenvalue weighted by Crippen LogP contribution is -2.25. The third-order valence-electron chi connectivity index (χ3n) is 3.67. The standard InChI is InChI=1S/C18H18N2O5/c1-11-9-15(22)16(18(24)20(11)2)14(21)8-7-12-5-4-6-13(10-12)17(23)19-25-3/h4-10,22H,1-3H3,(H,19,23). The number of aromatic hydroxyl groups is 1. The fourth-order valence-electron chi connectivity index (χ4n) is 2.23. The van der Waals surface area contributed by atoms with E-state index in [9.17, 15) is 19.5 Å². The molecule has 0 spiro atoms. The average Bonchev–Trinajstić information content (AvgIpc) is 2.58. The van der Waals surface area contributed by atoms with Crippen LogP contribution < -0.4 is 11.0 Å². The number of hydroxylamine groups is 1. The van der Waals surface area contributed by atoms with Crippen LogP contribution in [-0.4, -0.2) is 28.5 Å². The predicted molar refractivity (Wildman–Crippen MR) is 92.4 cm³/mol. The number of aryl methyl sites for hydroxylation is 1. The minimum absolute atomic E-state index is 0.294. The molecule has 2 aromatic rings. The van der Waals surface area contributed by atoms with Crippen LogP contribution in [0.1, 0.15) is 32.0 Å². The molecule has 0 unspecified atom stereocenters. The summed E-state index contributed by atoms with van der Waals surface area (Å²) in [6.07, 6.45) is 2.64. The fourth-order valence-corrected chi connectivity index (χ4v) is 2.23. The van der Waals surface area contributed by atoms with Gasteiger partial charge in [-0.05, 0) is 30.7 Å². The topological polar surface area (TPSA) is 97.6 Å². The van der Waals surface area contributed by atoms with Gasteiger partial charge in [0.1, 0.15) is 11.3 Å². The van der Waals surface area contributed by atoms with Crippen molar-refractivity contribution < 1.29 is 19.5 Å². The summed E-state index contributed by atoms with van der Waals surface area (Å²) in [5, 5.41) is 9.91. The molecule has 7 heteroatoms. The van der Waals surface area contributed by atoms with Crippen molar-refractivity contribution in [2.24, 2.45) is 7.05 Å². The Labute approximate surface area is 144 Å². The van der Waals surface area contributed by atoms with Crippen molar-refractivity contribution in [2.75, 3.05) is 7.11 Å². The first kappa shape index (κ1) is 18.2. The summed E-state index contributed by atoms with van der Waals surface area (Å²) in [6, 6.07) is 7.86. The van der Waals surface area contributed by atoms with Crippen molar-refractivity contribution >= 4 is 17.8 Å². The number of nitrogens with one attached hydrogen (secondary N) is 1. The van der Waals surface area contributed by atoms with Gasteiger partial charge in [-0.15, -0.1) is 0 Å². The zero-order valence-electron chi connectivity index (χ0n) is 14.1. The van der Waals surface area contributed by atoms with Crippen molar-refractivity contribution in [1.82, 2.24) is 10.0 Å². The number of pyridine rings is 1. The van der Waals surface area contributed by atoms with Gasteiger partial charge in [0.25, 0.3) is 11.5 Å². The number of rotatable bonds is 5. The average molecular weight is 342 g/mol. The van der Waals surface area contributed by atoms with E-state index in [0.29, 0.717) is 16.8 Å². The van der Waals surface area contributed by atoms with Crippen LogP contribution in [0.5, 0.6) is 5.75 Å². The monoisotopic (exact) mass is 342 g/mol. The van der Waals surface area contributed by atoms with Gasteiger partial charge in [0, 0.05) is 24.4 Å². The van der Waals surface area contributed by atoms with Gasteiger partial charge in [0.05, 0.1) is 7.11 Å². The number of amides is 1. The molecule has 0 aliphatic carbocycles. The van der Waals surface area contributed by atoms with Crippen LogP contribution in [0.4, 0.5) is 0 Å². The van der Waals surface area contributed by atoms with Gasteiger partial charge in [-0.3, -0.25) is 19.2 Å². The van der Waals surface area contributed by atoms with E-state index in [1.165, 1.54) is 36.9 Å². The normalized spacial score (nSPS) is 10.8. The van der Waals surface area contributed by atoms with Crippen LogP contribution in [0.3, 0.4) is 0 Å². The van der Waals surface area contributed by atoms with Gasteiger partial charge in [0.15, 0.2) is 5.78 Å². The maximum atomic E-state index is 12.3. The van der Waals surface area contributed by atoms with E-state index < -0.39 is 17.2 Å². The molecule has 130 valence electrons. The van der Waals surface area contributed by atoms with Crippen molar-refractivity contribution in [1.29, 1.82) is 0 Å². The second-order valence-electron chi connectivity index (χ2n) is 5.37. The van der Waals surface area contributed by atoms with Crippen molar-refractivity contribution in [3.8, 4) is 5.75 Å². The Hall–Kier alpha value is -3.19. The third kappa shape index (κ3) is 4.02. The van der Waals surface area contributed by atoms with Gasteiger partial charge in [-0.1, -0.05) is 18.2 Å². The molecule has 1 aromatic carbocycles. The smallest absolute Gasteiger partial charge is 0.274 e. The molecule has 1 amide bonds. The zero-order chi connectivity index (χ0) is 18.6. The molecule has 7 nitrogen and oxygen atoms in total. The highest BCUT2D eigenvalue weighted by Crippen LogP contribution is 2.16. The highest BCUT2D eigenvalue weighted by molar-refractivity contribution is 6.08. The van der Waals surface area contributed by atoms with Crippen LogP contribution in [0.15, 0.2) is 41.2 Å². The molecule has 0 radical (unpaired) electrons. The van der Waals surface area contributed by atoms with E-state index in [1.807, 2.05) is 0 Å². The summed E-state index contributed by atoms with van der Waals surface area (Å²) >= 11 is 0. The van der Waals surface area contributed by atoms with E-state index in [1.54, 1.807) is 31.2 Å². The molecule has 0 fully saturated rings. The lowest BCUT2D eigenvalue weighted by molar-refractivity contribution is 0.0537. The number of aromatic nitrogens is 1. The number of hydrogen-bond acceptors (Lipinski definition) is 5. The SMILES string of the molecule is CONC(=O)c1cccc(C=CC(=O)c2c(O)cc(C)n(C)c2=O)c1. The molecule has 2 rings (SSSR count).